The Kier molecular flexibility index (Phi) is 5.30. The van der Waals surface area contributed by atoms with Gasteiger partial charge in [0.2, 0.25) is 6.08 Å². The third-order valence-electron chi connectivity index (χ3n) is 0.734. The molecule has 0 heterocycles. The van der Waals surface area contributed by atoms with Crippen LogP contribution in [0.5, 0.6) is 0 Å². The Hall–Kier alpha value is -1.79. The summed E-state index contributed by atoms with van der Waals surface area (Å²) in [4.78, 5) is 23.2. The van der Waals surface area contributed by atoms with Gasteiger partial charge in [-0.1, -0.05) is 5.92 Å². The fourth-order valence-electron chi connectivity index (χ4n) is 0.337. The zero-order valence-electron chi connectivity index (χ0n) is 5.76. The van der Waals surface area contributed by atoms with Gasteiger partial charge < -0.3 is 10.6 Å². The topological polar surface area (TPSA) is 70.6 Å². The number of terminal acetylenes is 1. The van der Waals surface area contributed by atoms with E-state index in [0.717, 1.165) is 0 Å². The number of rotatable bonds is 3. The fourth-order valence-corrected chi connectivity index (χ4v) is 0.337. The molecule has 0 atom stereocenters. The van der Waals surface area contributed by atoms with Crippen molar-refractivity contribution in [1.29, 1.82) is 0 Å². The number of aliphatic imine (C=N–C) groups is 1. The lowest BCUT2D eigenvalue weighted by molar-refractivity contribution is 0.242. The first kappa shape index (κ1) is 9.21. The van der Waals surface area contributed by atoms with E-state index in [1.54, 1.807) is 0 Å². The van der Waals surface area contributed by atoms with Gasteiger partial charge in [0.05, 0.1) is 6.54 Å². The molecule has 0 spiro atoms. The maximum Gasteiger partial charge on any atom is 0.317 e. The van der Waals surface area contributed by atoms with Crippen molar-refractivity contribution < 1.29 is 9.59 Å². The molecule has 0 aromatic heterocycles. The van der Waals surface area contributed by atoms with Gasteiger partial charge in [-0.05, 0) is 0 Å². The molecular formula is C6H7N3O2. The van der Waals surface area contributed by atoms with Crippen molar-refractivity contribution in [3.8, 4) is 12.3 Å². The minimum absolute atomic E-state index is 0.0834. The van der Waals surface area contributed by atoms with Crippen LogP contribution in [0.2, 0.25) is 0 Å². The third-order valence-corrected chi connectivity index (χ3v) is 0.734. The summed E-state index contributed by atoms with van der Waals surface area (Å²) in [5, 5.41) is 4.56. The molecule has 0 saturated carbocycles. The van der Waals surface area contributed by atoms with Crippen LogP contribution in [0.1, 0.15) is 0 Å². The predicted octanol–water partition coefficient (Wildman–Crippen LogP) is -0.788. The summed E-state index contributed by atoms with van der Waals surface area (Å²) in [5.41, 5.74) is 0. The van der Waals surface area contributed by atoms with Gasteiger partial charge in [-0.15, -0.1) is 6.42 Å². The maximum absolute atomic E-state index is 10.6. The second-order valence-corrected chi connectivity index (χ2v) is 1.47. The quantitative estimate of drug-likeness (QED) is 0.317. The number of urea groups is 1. The van der Waals surface area contributed by atoms with E-state index in [-0.39, 0.29) is 13.2 Å². The first-order valence-electron chi connectivity index (χ1n) is 2.80. The van der Waals surface area contributed by atoms with Crippen LogP contribution in [0.3, 0.4) is 0 Å². The third kappa shape index (κ3) is 6.09. The van der Waals surface area contributed by atoms with Gasteiger partial charge in [-0.25, -0.2) is 9.59 Å². The molecule has 0 radical (unpaired) electrons. The summed E-state index contributed by atoms with van der Waals surface area (Å²) < 4.78 is 0. The average Bonchev–Trinajstić information content (AvgIpc) is 2.01. The Bertz CT molecular complexity index is 212. The van der Waals surface area contributed by atoms with Crippen molar-refractivity contribution in [2.24, 2.45) is 4.99 Å². The van der Waals surface area contributed by atoms with Crippen LogP contribution in [-0.4, -0.2) is 25.3 Å². The first-order valence-corrected chi connectivity index (χ1v) is 2.80. The van der Waals surface area contributed by atoms with Gasteiger partial charge in [0.1, 0.15) is 6.67 Å². The molecular weight excluding hydrogens is 146 g/mol. The molecule has 5 heteroatoms. The van der Waals surface area contributed by atoms with E-state index in [9.17, 15) is 9.59 Å². The standard InChI is InChI=1S/C6H7N3O2/c1-2-3-8-6(11)9-4-7-5-10/h1H,3-4H2,(H2,8,9,11). The Morgan fingerprint density at radius 2 is 2.27 bits per heavy atom. The molecule has 0 aliphatic carbocycles. The Labute approximate surface area is 63.9 Å². The molecule has 0 aliphatic rings. The molecule has 0 aliphatic heterocycles. The van der Waals surface area contributed by atoms with Crippen LogP contribution in [0.4, 0.5) is 4.79 Å². The second kappa shape index (κ2) is 6.33. The Morgan fingerprint density at radius 3 is 2.82 bits per heavy atom. The normalized spacial score (nSPS) is 7.18. The molecule has 0 unspecified atom stereocenters. The molecule has 0 fully saturated rings. The molecule has 2 amide bonds. The Balaban J connectivity index is 3.38. The number of isocyanates is 1. The highest BCUT2D eigenvalue weighted by Crippen LogP contribution is 1.63. The molecule has 0 aromatic rings. The van der Waals surface area contributed by atoms with E-state index in [1.807, 2.05) is 0 Å². The van der Waals surface area contributed by atoms with E-state index >= 15 is 0 Å². The summed E-state index contributed by atoms with van der Waals surface area (Å²) in [6.07, 6.45) is 6.12. The van der Waals surface area contributed by atoms with Crippen LogP contribution in [0, 0.1) is 12.3 Å². The smallest absolute Gasteiger partial charge is 0.317 e. The van der Waals surface area contributed by atoms with Gasteiger partial charge in [-0.2, -0.15) is 4.99 Å². The number of nitrogens with zero attached hydrogens (tertiary/aromatic N) is 1. The number of carbonyl (C=O) groups is 1. The summed E-state index contributed by atoms with van der Waals surface area (Å²) in [6.45, 7) is 0.0660. The zero-order valence-corrected chi connectivity index (χ0v) is 5.76. The van der Waals surface area contributed by atoms with E-state index in [0.29, 0.717) is 0 Å². The van der Waals surface area contributed by atoms with Crippen LogP contribution >= 0.6 is 0 Å². The SMILES string of the molecule is C#CCNC(=O)NCN=C=O. The van der Waals surface area contributed by atoms with Gasteiger partial charge in [0.15, 0.2) is 0 Å². The van der Waals surface area contributed by atoms with Crippen LogP contribution < -0.4 is 10.6 Å². The van der Waals surface area contributed by atoms with Crippen LogP contribution in [0.15, 0.2) is 4.99 Å². The van der Waals surface area contributed by atoms with Crippen molar-refractivity contribution in [2.75, 3.05) is 13.2 Å². The number of amides is 2. The number of hydrogen-bond acceptors (Lipinski definition) is 3. The van der Waals surface area contributed by atoms with Crippen LogP contribution in [0.25, 0.3) is 0 Å². The highest BCUT2D eigenvalue weighted by Gasteiger charge is 1.93. The summed E-state index contributed by atoms with van der Waals surface area (Å²) in [6, 6.07) is -0.457. The van der Waals surface area contributed by atoms with E-state index < -0.39 is 6.03 Å². The van der Waals surface area contributed by atoms with Gasteiger partial charge in [-0.3, -0.25) is 0 Å². The lowest BCUT2D eigenvalue weighted by atomic mass is 10.7. The maximum atomic E-state index is 10.6. The minimum atomic E-state index is -0.457. The zero-order chi connectivity index (χ0) is 8.53. The predicted molar refractivity (Wildman–Crippen MR) is 38.4 cm³/mol. The van der Waals surface area contributed by atoms with Crippen molar-refractivity contribution >= 4 is 12.1 Å². The number of hydrogen-bond donors (Lipinski definition) is 2. The first-order chi connectivity index (χ1) is 5.31. The average molecular weight is 153 g/mol. The van der Waals surface area contributed by atoms with Crippen molar-refractivity contribution in [2.45, 2.75) is 0 Å². The van der Waals surface area contributed by atoms with E-state index in [2.05, 4.69) is 21.5 Å². The molecule has 58 valence electrons. The molecule has 0 saturated heterocycles. The van der Waals surface area contributed by atoms with E-state index in [4.69, 9.17) is 6.42 Å². The lowest BCUT2D eigenvalue weighted by Gasteiger charge is -1.99. The second-order valence-electron chi connectivity index (χ2n) is 1.47. The van der Waals surface area contributed by atoms with Gasteiger partial charge in [0, 0.05) is 0 Å². The highest BCUT2D eigenvalue weighted by atomic mass is 16.2. The van der Waals surface area contributed by atoms with Crippen LogP contribution in [-0.2, 0) is 4.79 Å². The molecule has 2 N–H and O–H groups in total. The van der Waals surface area contributed by atoms with Crippen molar-refractivity contribution in [1.82, 2.24) is 10.6 Å². The highest BCUT2D eigenvalue weighted by molar-refractivity contribution is 5.74. The summed E-state index contributed by atoms with van der Waals surface area (Å²) in [5.74, 6) is 2.21. The van der Waals surface area contributed by atoms with Crippen molar-refractivity contribution in [3.63, 3.8) is 0 Å². The summed E-state index contributed by atoms with van der Waals surface area (Å²) >= 11 is 0. The van der Waals surface area contributed by atoms with Gasteiger partial charge >= 0.3 is 6.03 Å². The molecule has 0 rings (SSSR count). The molecule has 0 aromatic carbocycles. The fraction of sp³-hybridized carbons (Fsp3) is 0.333. The molecule has 0 bridgehead atoms. The number of nitrogens with one attached hydrogen (secondary N) is 2. The monoisotopic (exact) mass is 153 g/mol. The van der Waals surface area contributed by atoms with Crippen molar-refractivity contribution in [3.05, 3.63) is 0 Å². The largest absolute Gasteiger partial charge is 0.327 e. The summed E-state index contributed by atoms with van der Waals surface area (Å²) in [7, 11) is 0. The van der Waals surface area contributed by atoms with Gasteiger partial charge in [0.25, 0.3) is 0 Å². The Morgan fingerprint density at radius 1 is 1.55 bits per heavy atom. The lowest BCUT2D eigenvalue weighted by Crippen LogP contribution is -2.35. The minimum Gasteiger partial charge on any atom is -0.327 e. The molecule has 11 heavy (non-hydrogen) atoms. The number of carbonyl (C=O) groups excluding carboxylic acids is 2. The van der Waals surface area contributed by atoms with E-state index in [1.165, 1.54) is 6.08 Å². The molecule has 5 nitrogen and oxygen atoms in total.